The van der Waals surface area contributed by atoms with E-state index in [4.69, 9.17) is 4.74 Å². The van der Waals surface area contributed by atoms with Crippen LogP contribution in [0, 0.1) is 5.92 Å². The number of esters is 1. The van der Waals surface area contributed by atoms with Gasteiger partial charge in [0.25, 0.3) is 0 Å². The summed E-state index contributed by atoms with van der Waals surface area (Å²) in [5.41, 5.74) is -0.122. The monoisotopic (exact) mass is 567 g/mol. The Morgan fingerprint density at radius 1 is 0.974 bits per heavy atom. The molecule has 1 saturated carbocycles. The first kappa shape index (κ1) is 29.0. The van der Waals surface area contributed by atoms with E-state index in [9.17, 15) is 31.2 Å². The lowest BCUT2D eigenvalue weighted by atomic mass is 9.85. The number of hydrogen-bond acceptors (Lipinski definition) is 6. The lowest BCUT2D eigenvalue weighted by Crippen LogP contribution is -2.42. The van der Waals surface area contributed by atoms with Gasteiger partial charge in [-0.25, -0.2) is 13.1 Å². The van der Waals surface area contributed by atoms with Crippen molar-refractivity contribution in [2.24, 2.45) is 5.92 Å². The second kappa shape index (κ2) is 12.5. The average Bonchev–Trinajstić information content (AvgIpc) is 3.46. The number of rotatable bonds is 9. The predicted octanol–water partition coefficient (Wildman–Crippen LogP) is 3.70. The molecule has 0 bridgehead atoms. The molecule has 212 valence electrons. The zero-order chi connectivity index (χ0) is 28.0. The van der Waals surface area contributed by atoms with Crippen LogP contribution in [0.5, 0.6) is 0 Å². The van der Waals surface area contributed by atoms with E-state index in [0.717, 1.165) is 42.8 Å². The molecule has 1 aliphatic carbocycles. The Balaban J connectivity index is 1.31. The molecular weight excluding hydrogens is 535 g/mol. The van der Waals surface area contributed by atoms with Gasteiger partial charge in [-0.05, 0) is 74.9 Å². The minimum absolute atomic E-state index is 0.00492. The lowest BCUT2D eigenvalue weighted by Gasteiger charge is -2.30. The van der Waals surface area contributed by atoms with Gasteiger partial charge in [-0.15, -0.1) is 0 Å². The van der Waals surface area contributed by atoms with Crippen molar-refractivity contribution < 1.29 is 35.9 Å². The van der Waals surface area contributed by atoms with Gasteiger partial charge >= 0.3 is 12.1 Å². The van der Waals surface area contributed by atoms with Crippen LogP contribution in [0.1, 0.15) is 55.7 Å². The van der Waals surface area contributed by atoms with Crippen molar-refractivity contribution in [3.8, 4) is 0 Å². The summed E-state index contributed by atoms with van der Waals surface area (Å²) < 4.78 is 71.8. The van der Waals surface area contributed by atoms with Crippen molar-refractivity contribution in [2.75, 3.05) is 13.2 Å². The number of carbonyl (C=O) groups excluding carboxylic acids is 2. The number of nitrogens with one attached hydrogen (secondary N) is 3. The van der Waals surface area contributed by atoms with E-state index in [1.54, 1.807) is 0 Å². The van der Waals surface area contributed by atoms with Crippen molar-refractivity contribution in [1.82, 2.24) is 15.4 Å². The van der Waals surface area contributed by atoms with Crippen molar-refractivity contribution in [3.63, 3.8) is 0 Å². The van der Waals surface area contributed by atoms with Crippen LogP contribution in [0.4, 0.5) is 13.2 Å². The Bertz CT molecular complexity index is 1230. The Kier molecular flexibility index (Phi) is 9.29. The Hall–Kier alpha value is -2.96. The highest BCUT2D eigenvalue weighted by atomic mass is 32.2. The molecule has 12 heteroatoms. The minimum atomic E-state index is -4.55. The zero-order valence-corrected chi connectivity index (χ0v) is 22.1. The molecule has 1 saturated heterocycles. The summed E-state index contributed by atoms with van der Waals surface area (Å²) >= 11 is 0. The summed E-state index contributed by atoms with van der Waals surface area (Å²) in [6.07, 6.45) is -1.27. The average molecular weight is 568 g/mol. The number of benzene rings is 2. The lowest BCUT2D eigenvalue weighted by molar-refractivity contribution is -0.147. The molecule has 2 fully saturated rings. The number of ether oxygens (including phenoxy) is 1. The summed E-state index contributed by atoms with van der Waals surface area (Å²) in [4.78, 5) is 25.2. The molecule has 2 atom stereocenters. The molecule has 2 aromatic rings. The fraction of sp³-hybridized carbons (Fsp3) is 0.481. The van der Waals surface area contributed by atoms with E-state index < -0.39 is 33.8 Å². The van der Waals surface area contributed by atoms with Gasteiger partial charge in [0.15, 0.2) is 0 Å². The number of amides is 1. The first-order valence-electron chi connectivity index (χ1n) is 13.0. The summed E-state index contributed by atoms with van der Waals surface area (Å²) in [6, 6.07) is 11.3. The quantitative estimate of drug-likeness (QED) is 0.399. The highest BCUT2D eigenvalue weighted by molar-refractivity contribution is 7.89. The molecule has 1 aliphatic heterocycles. The van der Waals surface area contributed by atoms with Crippen LogP contribution in [-0.2, 0) is 30.5 Å². The predicted molar refractivity (Wildman–Crippen MR) is 137 cm³/mol. The van der Waals surface area contributed by atoms with E-state index in [-0.39, 0.29) is 35.3 Å². The number of carbonyl (C=O) groups is 2. The Morgan fingerprint density at radius 2 is 1.64 bits per heavy atom. The molecule has 2 aromatic carbocycles. The number of halogens is 3. The second-order valence-electron chi connectivity index (χ2n) is 9.94. The summed E-state index contributed by atoms with van der Waals surface area (Å²) in [5.74, 6) is -0.901. The minimum Gasteiger partial charge on any atom is -0.462 e. The maximum absolute atomic E-state index is 13.1. The van der Waals surface area contributed by atoms with Gasteiger partial charge in [0.05, 0.1) is 16.5 Å². The summed E-state index contributed by atoms with van der Waals surface area (Å²) in [7, 11) is -4.01. The molecule has 0 aromatic heterocycles. The Labute approximate surface area is 225 Å². The molecule has 1 heterocycles. The van der Waals surface area contributed by atoms with Crippen LogP contribution in [0.3, 0.4) is 0 Å². The largest absolute Gasteiger partial charge is 0.462 e. The third-order valence-electron chi connectivity index (χ3n) is 7.17. The molecule has 3 N–H and O–H groups in total. The fourth-order valence-corrected chi connectivity index (χ4v) is 6.24. The normalized spacial score (nSPS) is 22.7. The SMILES string of the molecule is O=C(N[C@H](COC(=O)[C@@H]1CCCN1)c1ccccc1)C1CCC(NS(=O)(=O)c2ccc(C(F)(F)F)cc2)CC1. The smallest absolute Gasteiger partial charge is 0.416 e. The van der Waals surface area contributed by atoms with Crippen molar-refractivity contribution in [2.45, 2.75) is 67.7 Å². The molecule has 8 nitrogen and oxygen atoms in total. The van der Waals surface area contributed by atoms with Crippen LogP contribution in [0.25, 0.3) is 0 Å². The highest BCUT2D eigenvalue weighted by Gasteiger charge is 2.33. The van der Waals surface area contributed by atoms with Crippen LogP contribution in [-0.4, -0.2) is 45.5 Å². The van der Waals surface area contributed by atoms with Gasteiger partial charge in [-0.3, -0.25) is 9.59 Å². The molecule has 1 amide bonds. The maximum atomic E-state index is 13.1. The van der Waals surface area contributed by atoms with Gasteiger partial charge in [0.1, 0.15) is 12.6 Å². The van der Waals surface area contributed by atoms with Gasteiger partial charge in [0, 0.05) is 12.0 Å². The second-order valence-corrected chi connectivity index (χ2v) is 11.7. The van der Waals surface area contributed by atoms with E-state index in [1.165, 1.54) is 0 Å². The third kappa shape index (κ3) is 7.80. The van der Waals surface area contributed by atoms with Crippen molar-refractivity contribution in [1.29, 1.82) is 0 Å². The number of alkyl halides is 3. The molecule has 2 aliphatic rings. The maximum Gasteiger partial charge on any atom is 0.416 e. The van der Waals surface area contributed by atoms with E-state index in [2.05, 4.69) is 15.4 Å². The summed E-state index contributed by atoms with van der Waals surface area (Å²) in [5, 5.41) is 6.08. The van der Waals surface area contributed by atoms with Gasteiger partial charge in [-0.2, -0.15) is 13.2 Å². The Morgan fingerprint density at radius 3 is 2.23 bits per heavy atom. The van der Waals surface area contributed by atoms with Gasteiger partial charge in [-0.1, -0.05) is 30.3 Å². The highest BCUT2D eigenvalue weighted by Crippen LogP contribution is 2.30. The molecule has 4 rings (SSSR count). The summed E-state index contributed by atoms with van der Waals surface area (Å²) in [6.45, 7) is 0.761. The van der Waals surface area contributed by atoms with Crippen LogP contribution < -0.4 is 15.4 Å². The van der Waals surface area contributed by atoms with Gasteiger partial charge < -0.3 is 15.4 Å². The van der Waals surface area contributed by atoms with Crippen LogP contribution in [0.15, 0.2) is 59.5 Å². The fourth-order valence-electron chi connectivity index (χ4n) is 4.93. The van der Waals surface area contributed by atoms with Crippen LogP contribution in [0.2, 0.25) is 0 Å². The molecule has 39 heavy (non-hydrogen) atoms. The molecule has 0 spiro atoms. The number of hydrogen-bond donors (Lipinski definition) is 3. The van der Waals surface area contributed by atoms with E-state index in [0.29, 0.717) is 32.1 Å². The molecule has 0 radical (unpaired) electrons. The number of sulfonamides is 1. The standard InChI is InChI=1S/C27H32F3N3O5S/c28-27(29,30)20-10-14-22(15-11-20)39(36,37)33-21-12-8-19(9-13-21)25(34)32-24(18-5-2-1-3-6-18)17-38-26(35)23-7-4-16-31-23/h1-3,5-6,10-11,14-15,19,21,23-24,31,33H,4,7-9,12-13,16-17H2,(H,32,34)/t19?,21?,23-,24+/m0/s1. The first-order valence-corrected chi connectivity index (χ1v) is 14.5. The first-order chi connectivity index (χ1) is 18.5. The molecular formula is C27H32F3N3O5S. The third-order valence-corrected chi connectivity index (χ3v) is 8.70. The topological polar surface area (TPSA) is 114 Å². The van der Waals surface area contributed by atoms with E-state index >= 15 is 0 Å². The van der Waals surface area contributed by atoms with Crippen molar-refractivity contribution >= 4 is 21.9 Å². The van der Waals surface area contributed by atoms with Crippen molar-refractivity contribution in [3.05, 3.63) is 65.7 Å². The van der Waals surface area contributed by atoms with Gasteiger partial charge in [0.2, 0.25) is 15.9 Å². The molecule has 0 unspecified atom stereocenters. The van der Waals surface area contributed by atoms with E-state index in [1.807, 2.05) is 30.3 Å². The zero-order valence-electron chi connectivity index (χ0n) is 21.2. The van der Waals surface area contributed by atoms with Crippen LogP contribution >= 0.6 is 0 Å².